The molecule has 0 aromatic rings. The molecule has 162 valence electrons. The van der Waals surface area contributed by atoms with Crippen molar-refractivity contribution in [3.63, 3.8) is 0 Å². The Morgan fingerprint density at radius 2 is 1.15 bits per heavy atom. The number of hydrogen-bond donors (Lipinski definition) is 0. The summed E-state index contributed by atoms with van der Waals surface area (Å²) >= 11 is 0. The zero-order valence-corrected chi connectivity index (χ0v) is 19.3. The number of carbonyl (C=O) groups excluding carboxylic acids is 1. The van der Waals surface area contributed by atoms with Crippen LogP contribution in [0.5, 0.6) is 0 Å². The van der Waals surface area contributed by atoms with Crippen LogP contribution in [0.25, 0.3) is 0 Å². The number of unbranched alkanes of at least 4 members (excludes halogenated alkanes) is 11. The van der Waals surface area contributed by atoms with Crippen LogP contribution in [0.2, 0.25) is 0 Å². The Labute approximate surface area is 170 Å². The van der Waals surface area contributed by atoms with Crippen molar-refractivity contribution in [3.05, 3.63) is 12.2 Å². The molecule has 0 rings (SSSR count). The molecule has 3 heteroatoms. The van der Waals surface area contributed by atoms with Gasteiger partial charge in [0.1, 0.15) is 6.42 Å². The van der Waals surface area contributed by atoms with Crippen molar-refractivity contribution in [2.45, 2.75) is 110 Å². The second kappa shape index (κ2) is 21.5. The van der Waals surface area contributed by atoms with E-state index in [1.54, 1.807) is 0 Å². The molecule has 0 aliphatic heterocycles. The second-order valence-electron chi connectivity index (χ2n) is 8.77. The van der Waals surface area contributed by atoms with Gasteiger partial charge in [-0.05, 0) is 38.5 Å². The Balaban J connectivity index is 0. The van der Waals surface area contributed by atoms with E-state index < -0.39 is 5.97 Å². The van der Waals surface area contributed by atoms with Crippen LogP contribution in [0.15, 0.2) is 12.2 Å². The first-order valence-electron chi connectivity index (χ1n) is 11.5. The average molecular weight is 386 g/mol. The van der Waals surface area contributed by atoms with Crippen LogP contribution in [0.1, 0.15) is 110 Å². The maximum atomic E-state index is 10.4. The van der Waals surface area contributed by atoms with Crippen molar-refractivity contribution < 1.29 is 14.4 Å². The molecular formula is C24H51NO2+2. The van der Waals surface area contributed by atoms with Gasteiger partial charge in [-0.25, -0.2) is 0 Å². The van der Waals surface area contributed by atoms with Gasteiger partial charge in [0.05, 0.1) is 27.7 Å². The van der Waals surface area contributed by atoms with Crippen LogP contribution >= 0.6 is 0 Å². The van der Waals surface area contributed by atoms with Gasteiger partial charge in [0.2, 0.25) is 0 Å². The molecule has 0 aromatic carbocycles. The van der Waals surface area contributed by atoms with Gasteiger partial charge in [0.15, 0.2) is 0 Å². The molecule has 0 bridgehead atoms. The number of allylic oxidation sites excluding steroid dienone is 2. The van der Waals surface area contributed by atoms with E-state index in [0.29, 0.717) is 6.42 Å². The molecule has 0 heterocycles. The lowest BCUT2D eigenvalue weighted by molar-refractivity contribution is -0.870. The van der Waals surface area contributed by atoms with Crippen molar-refractivity contribution in [1.29, 1.82) is 0 Å². The Morgan fingerprint density at radius 1 is 0.704 bits per heavy atom. The van der Waals surface area contributed by atoms with E-state index in [1.165, 1.54) is 83.6 Å². The Hall–Kier alpha value is -0.830. The lowest BCUT2D eigenvalue weighted by atomic mass is 10.1. The molecule has 0 unspecified atom stereocenters. The fraction of sp³-hybridized carbons (Fsp3) is 0.875. The van der Waals surface area contributed by atoms with E-state index >= 15 is 0 Å². The summed E-state index contributed by atoms with van der Waals surface area (Å²) in [5.41, 5.74) is 0. The van der Waals surface area contributed by atoms with Crippen LogP contribution in [0.4, 0.5) is 0 Å². The van der Waals surface area contributed by atoms with Gasteiger partial charge in [-0.1, -0.05) is 77.4 Å². The van der Waals surface area contributed by atoms with Crippen molar-refractivity contribution >= 4 is 5.97 Å². The molecule has 0 saturated heterocycles. The minimum atomic E-state index is -0.414. The fourth-order valence-corrected chi connectivity index (χ4v) is 3.03. The van der Waals surface area contributed by atoms with Gasteiger partial charge >= 0.3 is 5.97 Å². The summed E-state index contributed by atoms with van der Waals surface area (Å²) in [6.07, 6.45) is 22.9. The summed E-state index contributed by atoms with van der Waals surface area (Å²) in [7, 11) is 6.64. The Bertz CT molecular complexity index is 332. The van der Waals surface area contributed by atoms with E-state index in [4.69, 9.17) is 5.11 Å². The van der Waals surface area contributed by atoms with Gasteiger partial charge in [-0.2, -0.15) is 0 Å². The predicted molar refractivity (Wildman–Crippen MR) is 121 cm³/mol. The Morgan fingerprint density at radius 3 is 1.52 bits per heavy atom. The third-order valence-corrected chi connectivity index (χ3v) is 4.56. The van der Waals surface area contributed by atoms with Gasteiger partial charge < -0.3 is 9.59 Å². The SMILES string of the molecule is CCCCCCCC/C=C\CCCCCCCC(=O)[OH2+].CCC[N+](C)(C)C. The minimum absolute atomic E-state index is 0.414. The summed E-state index contributed by atoms with van der Waals surface area (Å²) < 4.78 is 1.09. The molecule has 0 aliphatic rings. The topological polar surface area (TPSA) is 40.0 Å². The van der Waals surface area contributed by atoms with Crippen LogP contribution < -0.4 is 0 Å². The zero-order valence-electron chi connectivity index (χ0n) is 19.3. The highest BCUT2D eigenvalue weighted by Crippen LogP contribution is 2.09. The first-order valence-corrected chi connectivity index (χ1v) is 11.5. The number of quaternary nitrogens is 1. The first kappa shape index (κ1) is 28.4. The quantitative estimate of drug-likeness (QED) is 0.124. The molecule has 0 radical (unpaired) electrons. The Kier molecular flexibility index (Phi) is 22.6. The summed E-state index contributed by atoms with van der Waals surface area (Å²) in [6.45, 7) is 5.75. The van der Waals surface area contributed by atoms with Crippen LogP contribution in [-0.2, 0) is 4.79 Å². The van der Waals surface area contributed by atoms with E-state index in [9.17, 15) is 4.79 Å². The summed E-state index contributed by atoms with van der Waals surface area (Å²) in [6, 6.07) is 0. The molecule has 0 saturated carbocycles. The van der Waals surface area contributed by atoms with Crippen molar-refractivity contribution in [2.24, 2.45) is 0 Å². The lowest BCUT2D eigenvalue weighted by Gasteiger charge is -2.22. The van der Waals surface area contributed by atoms with Gasteiger partial charge in [0, 0.05) is 4.79 Å². The minimum Gasteiger partial charge on any atom is -0.565 e. The number of hydrogen-bond acceptors (Lipinski definition) is 1. The molecule has 2 N–H and O–H groups in total. The average Bonchev–Trinajstić information content (AvgIpc) is 2.57. The van der Waals surface area contributed by atoms with Crippen LogP contribution in [-0.4, -0.2) is 43.2 Å². The zero-order chi connectivity index (χ0) is 20.8. The highest BCUT2D eigenvalue weighted by atomic mass is 16.4. The second-order valence-corrected chi connectivity index (χ2v) is 8.77. The third-order valence-electron chi connectivity index (χ3n) is 4.56. The monoisotopic (exact) mass is 385 g/mol. The largest absolute Gasteiger partial charge is 0.565 e. The highest BCUT2D eigenvalue weighted by molar-refractivity contribution is 5.66. The molecule has 27 heavy (non-hydrogen) atoms. The molecule has 0 atom stereocenters. The number of carbonyl (C=O) groups is 1. The van der Waals surface area contributed by atoms with Crippen molar-refractivity contribution in [2.75, 3.05) is 27.7 Å². The molecule has 3 nitrogen and oxygen atoms in total. The van der Waals surface area contributed by atoms with Gasteiger partial charge in [0.25, 0.3) is 0 Å². The van der Waals surface area contributed by atoms with E-state index in [1.807, 2.05) is 0 Å². The highest BCUT2D eigenvalue weighted by Gasteiger charge is 2.03. The summed E-state index contributed by atoms with van der Waals surface area (Å²) in [5.74, 6) is -0.414. The molecule has 0 spiro atoms. The van der Waals surface area contributed by atoms with Crippen LogP contribution in [0, 0.1) is 0 Å². The maximum Gasteiger partial charge on any atom is 0.515 e. The summed E-state index contributed by atoms with van der Waals surface area (Å²) in [5, 5.41) is 6.80. The summed E-state index contributed by atoms with van der Waals surface area (Å²) in [4.78, 5) is 10.4. The predicted octanol–water partition coefficient (Wildman–Crippen LogP) is 6.38. The van der Waals surface area contributed by atoms with E-state index in [-0.39, 0.29) is 0 Å². The standard InChI is InChI=1S/C18H34O2.C6H16N/c1-2-3-4-5-6-7-8-9-10-11-12-13-14-15-16-17-18(19)20;1-5-6-7(2,3)4/h9-10H,2-8,11-17H2,1H3,(H,19,20);5-6H2,1-4H3/q;+1/p+1/b10-9-;. The molecule has 0 amide bonds. The third kappa shape index (κ3) is 33.2. The molecular weight excluding hydrogens is 334 g/mol. The number of nitrogens with zero attached hydrogens (tertiary/aromatic N) is 1. The molecule has 0 fully saturated rings. The van der Waals surface area contributed by atoms with Gasteiger partial charge in [-0.3, -0.25) is 0 Å². The van der Waals surface area contributed by atoms with Gasteiger partial charge in [-0.15, -0.1) is 0 Å². The van der Waals surface area contributed by atoms with E-state index in [0.717, 1.165) is 17.3 Å². The lowest BCUT2D eigenvalue weighted by Crippen LogP contribution is -2.34. The number of rotatable bonds is 17. The fourth-order valence-electron chi connectivity index (χ4n) is 3.03. The normalized spacial score (nSPS) is 11.4. The van der Waals surface area contributed by atoms with E-state index in [2.05, 4.69) is 47.1 Å². The molecule has 0 aromatic heterocycles. The molecule has 0 aliphatic carbocycles. The van der Waals surface area contributed by atoms with Crippen molar-refractivity contribution in [1.82, 2.24) is 0 Å². The van der Waals surface area contributed by atoms with Crippen molar-refractivity contribution in [3.8, 4) is 0 Å². The first-order chi connectivity index (χ1) is 12.8. The van der Waals surface area contributed by atoms with Crippen LogP contribution in [0.3, 0.4) is 0 Å². The maximum absolute atomic E-state index is 10.4. The smallest absolute Gasteiger partial charge is 0.515 e.